The van der Waals surface area contributed by atoms with E-state index in [0.29, 0.717) is 12.8 Å². The van der Waals surface area contributed by atoms with E-state index >= 15 is 0 Å². The first kappa shape index (κ1) is 14.0. The van der Waals surface area contributed by atoms with E-state index in [1.54, 1.807) is 6.08 Å². The lowest BCUT2D eigenvalue weighted by Gasteiger charge is -2.21. The number of alkyl halides is 1. The first-order valence-electron chi connectivity index (χ1n) is 6.48. The van der Waals surface area contributed by atoms with Crippen molar-refractivity contribution in [3.8, 4) is 0 Å². The third-order valence-electron chi connectivity index (χ3n) is 3.03. The summed E-state index contributed by atoms with van der Waals surface area (Å²) in [6, 6.07) is 8.15. The van der Waals surface area contributed by atoms with Crippen molar-refractivity contribution in [2.75, 3.05) is 0 Å². The standard InChI is InChI=1S/C16H23F/c1-4-6-12-16(17,11-5-2)13-15-9-7-14(3)8-10-15/h5,7-11H,4,6,12-13H2,1-3H3/b11-5-. The summed E-state index contributed by atoms with van der Waals surface area (Å²) >= 11 is 0. The van der Waals surface area contributed by atoms with Crippen molar-refractivity contribution in [1.29, 1.82) is 0 Å². The number of halogens is 1. The molecule has 17 heavy (non-hydrogen) atoms. The Hall–Kier alpha value is -1.11. The van der Waals surface area contributed by atoms with Crippen LogP contribution in [0, 0.1) is 6.92 Å². The lowest BCUT2D eigenvalue weighted by molar-refractivity contribution is 0.207. The molecule has 0 heterocycles. The minimum atomic E-state index is -1.18. The zero-order valence-electron chi connectivity index (χ0n) is 11.2. The van der Waals surface area contributed by atoms with Crippen LogP contribution in [-0.4, -0.2) is 5.67 Å². The molecular formula is C16H23F. The van der Waals surface area contributed by atoms with Gasteiger partial charge in [0.2, 0.25) is 0 Å². The Morgan fingerprint density at radius 1 is 1.24 bits per heavy atom. The van der Waals surface area contributed by atoms with E-state index in [2.05, 4.69) is 13.8 Å². The minimum Gasteiger partial charge on any atom is -0.239 e. The van der Waals surface area contributed by atoms with Crippen molar-refractivity contribution in [3.05, 3.63) is 47.5 Å². The molecule has 1 aromatic carbocycles. The Balaban J connectivity index is 2.75. The van der Waals surface area contributed by atoms with Crippen LogP contribution in [0.5, 0.6) is 0 Å². The summed E-state index contributed by atoms with van der Waals surface area (Å²) in [5.74, 6) is 0. The normalized spacial score (nSPS) is 15.1. The Morgan fingerprint density at radius 2 is 1.88 bits per heavy atom. The summed E-state index contributed by atoms with van der Waals surface area (Å²) < 4.78 is 14.7. The number of rotatable bonds is 6. The van der Waals surface area contributed by atoms with Gasteiger partial charge in [0.1, 0.15) is 5.67 Å². The zero-order chi connectivity index (χ0) is 12.7. The minimum absolute atomic E-state index is 0.484. The van der Waals surface area contributed by atoms with Gasteiger partial charge in [-0.3, -0.25) is 0 Å². The van der Waals surface area contributed by atoms with E-state index in [1.165, 1.54) is 5.56 Å². The molecule has 0 amide bonds. The summed E-state index contributed by atoms with van der Waals surface area (Å²) in [6.07, 6.45) is 6.61. The van der Waals surface area contributed by atoms with E-state index in [9.17, 15) is 4.39 Å². The highest BCUT2D eigenvalue weighted by molar-refractivity contribution is 5.24. The van der Waals surface area contributed by atoms with Gasteiger partial charge in [-0.15, -0.1) is 0 Å². The Kier molecular flexibility index (Phi) is 5.40. The monoisotopic (exact) mass is 234 g/mol. The van der Waals surface area contributed by atoms with Gasteiger partial charge in [-0.1, -0.05) is 61.7 Å². The topological polar surface area (TPSA) is 0 Å². The van der Waals surface area contributed by atoms with Crippen LogP contribution in [0.15, 0.2) is 36.4 Å². The van der Waals surface area contributed by atoms with Gasteiger partial charge in [0.15, 0.2) is 0 Å². The molecule has 1 heteroatoms. The molecule has 0 saturated carbocycles. The summed E-state index contributed by atoms with van der Waals surface area (Å²) in [5, 5.41) is 0. The zero-order valence-corrected chi connectivity index (χ0v) is 11.2. The molecule has 1 unspecified atom stereocenters. The number of unbranched alkanes of at least 4 members (excludes halogenated alkanes) is 1. The van der Waals surface area contributed by atoms with Crippen LogP contribution in [0.4, 0.5) is 4.39 Å². The maximum Gasteiger partial charge on any atom is 0.133 e. The van der Waals surface area contributed by atoms with Crippen molar-refractivity contribution >= 4 is 0 Å². The van der Waals surface area contributed by atoms with Crippen LogP contribution >= 0.6 is 0 Å². The Bertz CT molecular complexity index is 350. The molecule has 0 spiro atoms. The second-order valence-electron chi connectivity index (χ2n) is 4.80. The maximum atomic E-state index is 14.7. The van der Waals surface area contributed by atoms with Crippen LogP contribution in [0.1, 0.15) is 44.2 Å². The number of hydrogen-bond donors (Lipinski definition) is 0. The van der Waals surface area contributed by atoms with Gasteiger partial charge in [0.25, 0.3) is 0 Å². The lowest BCUT2D eigenvalue weighted by Crippen LogP contribution is -2.23. The van der Waals surface area contributed by atoms with Gasteiger partial charge in [-0.05, 0) is 25.8 Å². The number of hydrogen-bond acceptors (Lipinski definition) is 0. The van der Waals surface area contributed by atoms with Crippen molar-refractivity contribution in [2.24, 2.45) is 0 Å². The van der Waals surface area contributed by atoms with E-state index < -0.39 is 5.67 Å². The van der Waals surface area contributed by atoms with Crippen LogP contribution in [-0.2, 0) is 6.42 Å². The highest BCUT2D eigenvalue weighted by Gasteiger charge is 2.25. The second-order valence-corrected chi connectivity index (χ2v) is 4.80. The van der Waals surface area contributed by atoms with Gasteiger partial charge in [-0.2, -0.15) is 0 Å². The first-order chi connectivity index (χ1) is 8.09. The summed E-state index contributed by atoms with van der Waals surface area (Å²) in [7, 11) is 0. The van der Waals surface area contributed by atoms with Gasteiger partial charge in [0.05, 0.1) is 0 Å². The summed E-state index contributed by atoms with van der Waals surface area (Å²) in [4.78, 5) is 0. The molecule has 1 aromatic rings. The summed E-state index contributed by atoms with van der Waals surface area (Å²) in [5.41, 5.74) is 1.12. The third-order valence-corrected chi connectivity index (χ3v) is 3.03. The predicted octanol–water partition coefficient (Wildman–Crippen LogP) is 5.01. The third kappa shape index (κ3) is 4.72. The molecule has 0 N–H and O–H groups in total. The average molecular weight is 234 g/mol. The average Bonchev–Trinajstić information content (AvgIpc) is 2.30. The molecular weight excluding hydrogens is 211 g/mol. The summed E-state index contributed by atoms with van der Waals surface area (Å²) in [6.45, 7) is 6.03. The van der Waals surface area contributed by atoms with Crippen LogP contribution in [0.25, 0.3) is 0 Å². The van der Waals surface area contributed by atoms with Crippen molar-refractivity contribution in [3.63, 3.8) is 0 Å². The van der Waals surface area contributed by atoms with E-state index in [-0.39, 0.29) is 0 Å². The van der Waals surface area contributed by atoms with Crippen molar-refractivity contribution in [1.82, 2.24) is 0 Å². The number of benzene rings is 1. The van der Waals surface area contributed by atoms with Gasteiger partial charge in [-0.25, -0.2) is 4.39 Å². The molecule has 0 nitrogen and oxygen atoms in total. The molecule has 0 aromatic heterocycles. The molecule has 0 fully saturated rings. The molecule has 0 radical (unpaired) electrons. The van der Waals surface area contributed by atoms with E-state index in [4.69, 9.17) is 0 Å². The van der Waals surface area contributed by atoms with Gasteiger partial charge >= 0.3 is 0 Å². The first-order valence-corrected chi connectivity index (χ1v) is 6.48. The highest BCUT2D eigenvalue weighted by Crippen LogP contribution is 2.26. The molecule has 1 atom stereocenters. The number of aryl methyl sites for hydroxylation is 1. The fourth-order valence-electron chi connectivity index (χ4n) is 2.05. The molecule has 0 aliphatic carbocycles. The van der Waals surface area contributed by atoms with Gasteiger partial charge < -0.3 is 0 Å². The van der Waals surface area contributed by atoms with Crippen molar-refractivity contribution in [2.45, 2.75) is 52.1 Å². The quantitative estimate of drug-likeness (QED) is 0.607. The lowest BCUT2D eigenvalue weighted by atomic mass is 9.90. The van der Waals surface area contributed by atoms with Crippen LogP contribution in [0.2, 0.25) is 0 Å². The van der Waals surface area contributed by atoms with Crippen molar-refractivity contribution < 1.29 is 4.39 Å². The Labute approximate surface area is 105 Å². The molecule has 94 valence electrons. The van der Waals surface area contributed by atoms with E-state index in [1.807, 2.05) is 37.3 Å². The molecule has 0 aliphatic heterocycles. The molecule has 0 aliphatic rings. The van der Waals surface area contributed by atoms with Crippen LogP contribution < -0.4 is 0 Å². The molecule has 0 bridgehead atoms. The maximum absolute atomic E-state index is 14.7. The predicted molar refractivity (Wildman–Crippen MR) is 73.1 cm³/mol. The fraction of sp³-hybridized carbons (Fsp3) is 0.500. The smallest absolute Gasteiger partial charge is 0.133 e. The second kappa shape index (κ2) is 6.58. The highest BCUT2D eigenvalue weighted by atomic mass is 19.1. The largest absolute Gasteiger partial charge is 0.239 e. The fourth-order valence-corrected chi connectivity index (χ4v) is 2.05. The molecule has 1 rings (SSSR count). The Morgan fingerprint density at radius 3 is 2.41 bits per heavy atom. The SMILES string of the molecule is C/C=C\C(F)(CCCC)Cc1ccc(C)cc1. The van der Waals surface area contributed by atoms with Gasteiger partial charge in [0, 0.05) is 6.42 Å². The number of allylic oxidation sites excluding steroid dienone is 2. The molecule has 0 saturated heterocycles. The van der Waals surface area contributed by atoms with Crippen LogP contribution in [0.3, 0.4) is 0 Å². The van der Waals surface area contributed by atoms with E-state index in [0.717, 1.165) is 18.4 Å².